The number of nitrogens with zero attached hydrogens (tertiary/aromatic N) is 2. The number of rotatable bonds is 2. The molecule has 4 heteroatoms. The second-order valence-corrected chi connectivity index (χ2v) is 3.85. The van der Waals surface area contributed by atoms with Crippen molar-refractivity contribution in [1.29, 1.82) is 0 Å². The lowest BCUT2D eigenvalue weighted by molar-refractivity contribution is 0.985. The summed E-state index contributed by atoms with van der Waals surface area (Å²) in [6.45, 7) is 0. The minimum atomic E-state index is -0.173. The molecule has 0 aliphatic rings. The second-order valence-electron chi connectivity index (χ2n) is 2.55. The number of alkyl halides is 1. The Morgan fingerprint density at radius 3 is 2.62 bits per heavy atom. The van der Waals surface area contributed by atoms with Gasteiger partial charge in [0.05, 0.1) is 0 Å². The van der Waals surface area contributed by atoms with Crippen LogP contribution >= 0.6 is 22.9 Å². The van der Waals surface area contributed by atoms with Crippen molar-refractivity contribution < 1.29 is 0 Å². The van der Waals surface area contributed by atoms with Gasteiger partial charge in [-0.25, -0.2) is 0 Å². The van der Waals surface area contributed by atoms with Crippen LogP contribution in [-0.4, -0.2) is 10.2 Å². The first kappa shape index (κ1) is 8.66. The summed E-state index contributed by atoms with van der Waals surface area (Å²) in [7, 11) is 0. The molecule has 0 fully saturated rings. The van der Waals surface area contributed by atoms with Crippen molar-refractivity contribution in [3.8, 4) is 0 Å². The van der Waals surface area contributed by atoms with Gasteiger partial charge in [0, 0.05) is 0 Å². The third kappa shape index (κ3) is 1.87. The highest BCUT2D eigenvalue weighted by atomic mass is 35.5. The zero-order valence-electron chi connectivity index (χ0n) is 6.72. The molecule has 1 aromatic carbocycles. The zero-order valence-corrected chi connectivity index (χ0v) is 8.29. The number of hydrogen-bond acceptors (Lipinski definition) is 3. The first-order chi connectivity index (χ1) is 6.38. The van der Waals surface area contributed by atoms with E-state index in [9.17, 15) is 0 Å². The van der Waals surface area contributed by atoms with E-state index in [0.29, 0.717) is 0 Å². The van der Waals surface area contributed by atoms with Gasteiger partial charge in [-0.3, -0.25) is 0 Å². The average molecular weight is 211 g/mol. The van der Waals surface area contributed by atoms with Crippen LogP contribution in [0.4, 0.5) is 0 Å². The number of benzene rings is 1. The van der Waals surface area contributed by atoms with E-state index in [1.807, 2.05) is 30.3 Å². The Labute approximate surface area is 85.2 Å². The highest BCUT2D eigenvalue weighted by Crippen LogP contribution is 2.28. The highest BCUT2D eigenvalue weighted by molar-refractivity contribution is 7.09. The normalized spacial score (nSPS) is 12.7. The molecule has 2 aromatic rings. The molecule has 66 valence electrons. The molecule has 0 saturated carbocycles. The van der Waals surface area contributed by atoms with E-state index in [1.165, 1.54) is 11.3 Å². The number of halogens is 1. The van der Waals surface area contributed by atoms with E-state index in [2.05, 4.69) is 10.2 Å². The molecular weight excluding hydrogens is 204 g/mol. The second kappa shape index (κ2) is 3.85. The quantitative estimate of drug-likeness (QED) is 0.713. The van der Waals surface area contributed by atoms with E-state index >= 15 is 0 Å². The third-order valence-corrected chi connectivity index (χ3v) is 3.03. The molecule has 0 radical (unpaired) electrons. The van der Waals surface area contributed by atoms with Crippen LogP contribution in [0.15, 0.2) is 35.8 Å². The van der Waals surface area contributed by atoms with E-state index in [1.54, 1.807) is 5.51 Å². The van der Waals surface area contributed by atoms with Gasteiger partial charge in [-0.1, -0.05) is 30.3 Å². The van der Waals surface area contributed by atoms with Crippen molar-refractivity contribution in [2.75, 3.05) is 0 Å². The molecule has 0 saturated heterocycles. The lowest BCUT2D eigenvalue weighted by Gasteiger charge is -2.04. The fourth-order valence-electron chi connectivity index (χ4n) is 1.06. The summed E-state index contributed by atoms with van der Waals surface area (Å²) in [6.07, 6.45) is 0. The Morgan fingerprint density at radius 1 is 1.23 bits per heavy atom. The number of hydrogen-bond donors (Lipinski definition) is 0. The van der Waals surface area contributed by atoms with Crippen molar-refractivity contribution >= 4 is 22.9 Å². The molecule has 2 nitrogen and oxygen atoms in total. The maximum atomic E-state index is 6.18. The SMILES string of the molecule is ClC(c1ccccc1)c1nncs1. The Balaban J connectivity index is 2.29. The summed E-state index contributed by atoms with van der Waals surface area (Å²) in [6, 6.07) is 9.86. The molecule has 1 unspecified atom stereocenters. The van der Waals surface area contributed by atoms with Gasteiger partial charge in [0.1, 0.15) is 15.9 Å². The van der Waals surface area contributed by atoms with Crippen LogP contribution < -0.4 is 0 Å². The first-order valence-corrected chi connectivity index (χ1v) is 5.14. The molecule has 0 N–H and O–H groups in total. The molecule has 1 heterocycles. The maximum Gasteiger partial charge on any atom is 0.139 e. The Morgan fingerprint density at radius 2 is 2.00 bits per heavy atom. The van der Waals surface area contributed by atoms with Crippen molar-refractivity contribution in [2.24, 2.45) is 0 Å². The van der Waals surface area contributed by atoms with Gasteiger partial charge < -0.3 is 0 Å². The van der Waals surface area contributed by atoms with Crippen LogP contribution in [0.1, 0.15) is 15.9 Å². The largest absolute Gasteiger partial charge is 0.147 e. The van der Waals surface area contributed by atoms with E-state index < -0.39 is 0 Å². The average Bonchev–Trinajstić information content (AvgIpc) is 2.71. The molecule has 1 aromatic heterocycles. The summed E-state index contributed by atoms with van der Waals surface area (Å²) < 4.78 is 0. The summed E-state index contributed by atoms with van der Waals surface area (Å²) in [5.41, 5.74) is 2.74. The Hall–Kier alpha value is -0.930. The Kier molecular flexibility index (Phi) is 2.57. The molecule has 0 bridgehead atoms. The van der Waals surface area contributed by atoms with Gasteiger partial charge in [-0.2, -0.15) is 0 Å². The molecule has 13 heavy (non-hydrogen) atoms. The van der Waals surface area contributed by atoms with Gasteiger partial charge in [0.25, 0.3) is 0 Å². The highest BCUT2D eigenvalue weighted by Gasteiger charge is 2.12. The molecule has 2 rings (SSSR count). The summed E-state index contributed by atoms with van der Waals surface area (Å²) in [4.78, 5) is 0. The summed E-state index contributed by atoms with van der Waals surface area (Å²) in [5, 5.41) is 8.35. The van der Waals surface area contributed by atoms with E-state index in [-0.39, 0.29) is 5.38 Å². The fraction of sp³-hybridized carbons (Fsp3) is 0.111. The molecule has 0 spiro atoms. The van der Waals surface area contributed by atoms with Gasteiger partial charge >= 0.3 is 0 Å². The van der Waals surface area contributed by atoms with Crippen LogP contribution in [0.5, 0.6) is 0 Å². The first-order valence-electron chi connectivity index (χ1n) is 3.83. The lowest BCUT2D eigenvalue weighted by atomic mass is 10.1. The predicted molar refractivity (Wildman–Crippen MR) is 54.0 cm³/mol. The standard InChI is InChI=1S/C9H7ClN2S/c10-8(9-12-11-6-13-9)7-4-2-1-3-5-7/h1-6,8H. The molecule has 0 amide bonds. The summed E-state index contributed by atoms with van der Waals surface area (Å²) >= 11 is 7.65. The summed E-state index contributed by atoms with van der Waals surface area (Å²) in [5.74, 6) is 0. The van der Waals surface area contributed by atoms with Gasteiger partial charge in [0.15, 0.2) is 0 Å². The van der Waals surface area contributed by atoms with E-state index in [4.69, 9.17) is 11.6 Å². The van der Waals surface area contributed by atoms with Crippen LogP contribution in [0.3, 0.4) is 0 Å². The molecule has 0 aliphatic carbocycles. The lowest BCUT2D eigenvalue weighted by Crippen LogP contribution is -1.91. The predicted octanol–water partition coefficient (Wildman–Crippen LogP) is 2.87. The molecular formula is C9H7ClN2S. The Bertz CT molecular complexity index is 360. The van der Waals surface area contributed by atoms with Crippen molar-refractivity contribution in [1.82, 2.24) is 10.2 Å². The zero-order chi connectivity index (χ0) is 9.10. The van der Waals surface area contributed by atoms with Crippen molar-refractivity contribution in [3.05, 3.63) is 46.4 Å². The van der Waals surface area contributed by atoms with Gasteiger partial charge in [-0.05, 0) is 5.56 Å². The van der Waals surface area contributed by atoms with Crippen molar-refractivity contribution in [2.45, 2.75) is 5.38 Å². The van der Waals surface area contributed by atoms with Gasteiger partial charge in [-0.15, -0.1) is 33.1 Å². The fourth-order valence-corrected chi connectivity index (χ4v) is 1.95. The van der Waals surface area contributed by atoms with E-state index in [0.717, 1.165) is 10.6 Å². The topological polar surface area (TPSA) is 25.8 Å². The smallest absolute Gasteiger partial charge is 0.139 e. The van der Waals surface area contributed by atoms with Crippen LogP contribution in [-0.2, 0) is 0 Å². The number of aromatic nitrogens is 2. The monoisotopic (exact) mass is 210 g/mol. The van der Waals surface area contributed by atoms with Crippen LogP contribution in [0.25, 0.3) is 0 Å². The van der Waals surface area contributed by atoms with Crippen LogP contribution in [0.2, 0.25) is 0 Å². The maximum absolute atomic E-state index is 6.18. The molecule has 1 atom stereocenters. The third-order valence-electron chi connectivity index (χ3n) is 1.69. The van der Waals surface area contributed by atoms with Gasteiger partial charge in [0.2, 0.25) is 0 Å². The molecule has 0 aliphatic heterocycles. The van der Waals surface area contributed by atoms with Crippen LogP contribution in [0, 0.1) is 0 Å². The minimum absolute atomic E-state index is 0.173. The van der Waals surface area contributed by atoms with Crippen molar-refractivity contribution in [3.63, 3.8) is 0 Å². The minimum Gasteiger partial charge on any atom is -0.147 e.